The minimum absolute atomic E-state index is 0.272. The summed E-state index contributed by atoms with van der Waals surface area (Å²) in [4.78, 5) is 0.782. The molecule has 104 valence electrons. The van der Waals surface area contributed by atoms with Gasteiger partial charge in [0.15, 0.2) is 0 Å². The van der Waals surface area contributed by atoms with E-state index in [1.54, 1.807) is 18.2 Å². The standard InChI is InChI=1S/C15H20O3S/c1-3-5-15(14-6-4-11-18-14)19(16,17)13-9-7-12(2)8-10-13/h5,7-10,14H,3-4,6,11H2,1-2H3/b15-5-. The van der Waals surface area contributed by atoms with Crippen LogP contribution in [-0.4, -0.2) is 21.1 Å². The van der Waals surface area contributed by atoms with Gasteiger partial charge in [-0.2, -0.15) is 0 Å². The Morgan fingerprint density at radius 3 is 2.58 bits per heavy atom. The van der Waals surface area contributed by atoms with Crippen LogP contribution in [0.4, 0.5) is 0 Å². The smallest absolute Gasteiger partial charge is 0.205 e. The van der Waals surface area contributed by atoms with Gasteiger partial charge in [-0.3, -0.25) is 0 Å². The average Bonchev–Trinajstić information content (AvgIpc) is 2.89. The van der Waals surface area contributed by atoms with Gasteiger partial charge in [0, 0.05) is 6.61 Å². The van der Waals surface area contributed by atoms with Gasteiger partial charge < -0.3 is 4.74 Å². The van der Waals surface area contributed by atoms with Gasteiger partial charge in [-0.25, -0.2) is 8.42 Å². The Hall–Kier alpha value is -1.13. The SMILES string of the molecule is CC/C=C(/C1CCCO1)S(=O)(=O)c1ccc(C)cc1. The van der Waals surface area contributed by atoms with Crippen molar-refractivity contribution in [2.75, 3.05) is 6.61 Å². The second kappa shape index (κ2) is 5.88. The summed E-state index contributed by atoms with van der Waals surface area (Å²) in [6.45, 7) is 4.54. The minimum Gasteiger partial charge on any atom is -0.373 e. The van der Waals surface area contributed by atoms with Gasteiger partial charge in [0.1, 0.15) is 0 Å². The van der Waals surface area contributed by atoms with E-state index in [1.165, 1.54) is 0 Å². The quantitative estimate of drug-likeness (QED) is 0.850. The topological polar surface area (TPSA) is 43.4 Å². The van der Waals surface area contributed by atoms with E-state index in [4.69, 9.17) is 4.74 Å². The molecule has 1 unspecified atom stereocenters. The van der Waals surface area contributed by atoms with Crippen molar-refractivity contribution in [2.45, 2.75) is 44.1 Å². The summed E-state index contributed by atoms with van der Waals surface area (Å²) in [5.74, 6) is 0. The lowest BCUT2D eigenvalue weighted by Crippen LogP contribution is -2.18. The van der Waals surface area contributed by atoms with Crippen LogP contribution in [-0.2, 0) is 14.6 Å². The van der Waals surface area contributed by atoms with Gasteiger partial charge in [0.05, 0.1) is 15.9 Å². The molecule has 0 aliphatic carbocycles. The van der Waals surface area contributed by atoms with Crippen molar-refractivity contribution in [1.82, 2.24) is 0 Å². The predicted molar refractivity (Wildman–Crippen MR) is 75.7 cm³/mol. The van der Waals surface area contributed by atoms with Gasteiger partial charge in [0.25, 0.3) is 0 Å². The van der Waals surface area contributed by atoms with Crippen LogP contribution in [0, 0.1) is 6.92 Å². The number of aryl methyl sites for hydroxylation is 1. The molecule has 0 N–H and O–H groups in total. The Kier molecular flexibility index (Phi) is 4.42. The average molecular weight is 280 g/mol. The second-order valence-corrected chi connectivity index (χ2v) is 6.78. The van der Waals surface area contributed by atoms with E-state index in [1.807, 2.05) is 26.0 Å². The Morgan fingerprint density at radius 2 is 2.05 bits per heavy atom. The van der Waals surface area contributed by atoms with Crippen LogP contribution in [0.5, 0.6) is 0 Å². The first-order valence-corrected chi connectivity index (χ1v) is 8.17. The fourth-order valence-electron chi connectivity index (χ4n) is 2.27. The number of hydrogen-bond acceptors (Lipinski definition) is 3. The van der Waals surface area contributed by atoms with E-state index in [9.17, 15) is 8.42 Å². The van der Waals surface area contributed by atoms with Crippen molar-refractivity contribution in [3.63, 3.8) is 0 Å². The fourth-order valence-corrected chi connectivity index (χ4v) is 3.96. The summed E-state index contributed by atoms with van der Waals surface area (Å²) in [5, 5.41) is 0. The molecule has 1 aromatic carbocycles. The molecule has 1 fully saturated rings. The first-order chi connectivity index (χ1) is 9.05. The third kappa shape index (κ3) is 3.07. The zero-order valence-corrected chi connectivity index (χ0v) is 12.2. The molecule has 4 heteroatoms. The summed E-state index contributed by atoms with van der Waals surface area (Å²) in [6.07, 6.45) is 3.92. The molecule has 2 rings (SSSR count). The Bertz CT molecular complexity index is 550. The molecule has 0 spiro atoms. The lowest BCUT2D eigenvalue weighted by Gasteiger charge is -2.15. The van der Waals surface area contributed by atoms with Gasteiger partial charge in [-0.15, -0.1) is 0 Å². The highest BCUT2D eigenvalue weighted by atomic mass is 32.2. The van der Waals surface area contributed by atoms with Crippen molar-refractivity contribution in [3.05, 3.63) is 40.8 Å². The highest BCUT2D eigenvalue weighted by molar-refractivity contribution is 7.95. The first-order valence-electron chi connectivity index (χ1n) is 6.69. The highest BCUT2D eigenvalue weighted by Crippen LogP contribution is 2.29. The van der Waals surface area contributed by atoms with Crippen LogP contribution in [0.1, 0.15) is 31.7 Å². The monoisotopic (exact) mass is 280 g/mol. The molecule has 0 radical (unpaired) electrons. The maximum atomic E-state index is 12.7. The molecule has 1 aromatic rings. The third-order valence-corrected chi connectivity index (χ3v) is 5.24. The number of sulfone groups is 1. The molecule has 1 heterocycles. The van der Waals surface area contributed by atoms with E-state index < -0.39 is 9.84 Å². The maximum Gasteiger partial charge on any atom is 0.205 e. The second-order valence-electron chi connectivity index (χ2n) is 4.83. The van der Waals surface area contributed by atoms with Crippen molar-refractivity contribution in [2.24, 2.45) is 0 Å². The molecule has 19 heavy (non-hydrogen) atoms. The van der Waals surface area contributed by atoms with E-state index in [2.05, 4.69) is 0 Å². The predicted octanol–water partition coefficient (Wildman–Crippen LogP) is 3.24. The van der Waals surface area contributed by atoms with Crippen LogP contribution < -0.4 is 0 Å². The molecular formula is C15H20O3S. The van der Waals surface area contributed by atoms with Crippen LogP contribution in [0.3, 0.4) is 0 Å². The number of allylic oxidation sites excluding steroid dienone is 1. The third-order valence-electron chi connectivity index (χ3n) is 3.29. The zero-order valence-electron chi connectivity index (χ0n) is 11.4. The summed E-state index contributed by atoms with van der Waals surface area (Å²) in [6, 6.07) is 6.99. The van der Waals surface area contributed by atoms with E-state index in [0.717, 1.165) is 18.4 Å². The van der Waals surface area contributed by atoms with Gasteiger partial charge in [-0.05, 0) is 38.3 Å². The minimum atomic E-state index is -3.43. The Morgan fingerprint density at radius 1 is 1.37 bits per heavy atom. The zero-order chi connectivity index (χ0) is 13.9. The number of ether oxygens (including phenoxy) is 1. The Labute approximate surface area is 115 Å². The van der Waals surface area contributed by atoms with Gasteiger partial charge in [0.2, 0.25) is 9.84 Å². The molecule has 3 nitrogen and oxygen atoms in total. The molecular weight excluding hydrogens is 260 g/mol. The maximum absolute atomic E-state index is 12.7. The molecule has 1 atom stereocenters. The van der Waals surface area contributed by atoms with E-state index in [-0.39, 0.29) is 6.10 Å². The summed E-state index contributed by atoms with van der Waals surface area (Å²) >= 11 is 0. The molecule has 1 aliphatic heterocycles. The van der Waals surface area contributed by atoms with E-state index >= 15 is 0 Å². The Balaban J connectivity index is 2.39. The molecule has 0 bridgehead atoms. The number of hydrogen-bond donors (Lipinski definition) is 0. The van der Waals surface area contributed by atoms with Crippen LogP contribution in [0.15, 0.2) is 40.1 Å². The fraction of sp³-hybridized carbons (Fsp3) is 0.467. The summed E-state index contributed by atoms with van der Waals surface area (Å²) in [7, 11) is -3.43. The first kappa shape index (κ1) is 14.3. The number of rotatable bonds is 4. The molecule has 1 saturated heterocycles. The van der Waals surface area contributed by atoms with Crippen molar-refractivity contribution >= 4 is 9.84 Å². The van der Waals surface area contributed by atoms with Gasteiger partial charge >= 0.3 is 0 Å². The summed E-state index contributed by atoms with van der Waals surface area (Å²) < 4.78 is 30.9. The largest absolute Gasteiger partial charge is 0.373 e. The molecule has 1 aliphatic rings. The van der Waals surface area contributed by atoms with Crippen molar-refractivity contribution in [1.29, 1.82) is 0 Å². The number of benzene rings is 1. The lowest BCUT2D eigenvalue weighted by molar-refractivity contribution is 0.142. The molecule has 0 amide bonds. The lowest BCUT2D eigenvalue weighted by atomic mass is 10.2. The van der Waals surface area contributed by atoms with Crippen LogP contribution in [0.25, 0.3) is 0 Å². The van der Waals surface area contributed by atoms with Crippen LogP contribution >= 0.6 is 0 Å². The van der Waals surface area contributed by atoms with Gasteiger partial charge in [-0.1, -0.05) is 30.7 Å². The normalized spacial score (nSPS) is 20.7. The van der Waals surface area contributed by atoms with E-state index in [0.29, 0.717) is 22.8 Å². The van der Waals surface area contributed by atoms with Crippen molar-refractivity contribution < 1.29 is 13.2 Å². The highest BCUT2D eigenvalue weighted by Gasteiger charge is 2.30. The van der Waals surface area contributed by atoms with Crippen LogP contribution in [0.2, 0.25) is 0 Å². The summed E-state index contributed by atoms with van der Waals surface area (Å²) in [5.41, 5.74) is 1.05. The molecule has 0 aromatic heterocycles. The van der Waals surface area contributed by atoms with Crippen molar-refractivity contribution in [3.8, 4) is 0 Å². The molecule has 0 saturated carbocycles.